The zero-order valence-corrected chi connectivity index (χ0v) is 21.2. The summed E-state index contributed by atoms with van der Waals surface area (Å²) in [5.74, 6) is -5.06. The van der Waals surface area contributed by atoms with Crippen molar-refractivity contribution in [3.05, 3.63) is 28.4 Å². The molecule has 0 fully saturated rings. The first kappa shape index (κ1) is 26.8. The lowest BCUT2D eigenvalue weighted by atomic mass is 10.2. The Morgan fingerprint density at radius 3 is 2.24 bits per heavy atom. The average Bonchev–Trinajstić information content (AvgIpc) is 2.53. The summed E-state index contributed by atoms with van der Waals surface area (Å²) in [7, 11) is -5.06. The van der Waals surface area contributed by atoms with Crippen molar-refractivity contribution < 1.29 is 45.3 Å². The molecule has 1 rings (SSSR count). The number of rotatable bonds is 7. The van der Waals surface area contributed by atoms with Gasteiger partial charge in [0.1, 0.15) is 5.75 Å². The van der Waals surface area contributed by atoms with E-state index in [1.54, 1.807) is 6.07 Å². The number of ether oxygens (including phenoxy) is 1. The number of carbonyl (C=O) groups excluding carboxylic acids is 3. The minimum Gasteiger partial charge on any atom is -0.451 e. The van der Waals surface area contributed by atoms with Gasteiger partial charge in [0, 0.05) is 17.1 Å². The molecule has 1 atom stereocenters. The monoisotopic (exact) mass is 775 g/mol. The maximum Gasteiger partial charge on any atom is 0.426 e. The van der Waals surface area contributed by atoms with E-state index in [0.29, 0.717) is 3.57 Å². The van der Waals surface area contributed by atoms with Crippen LogP contribution in [0.2, 0.25) is 0 Å². The summed E-state index contributed by atoms with van der Waals surface area (Å²) in [5.41, 5.74) is 0.211. The van der Waals surface area contributed by atoms with Crippen molar-refractivity contribution in [2.75, 3.05) is 5.75 Å². The Morgan fingerprint density at radius 1 is 1.14 bits per heavy atom. The number of amides is 2. The highest BCUT2D eigenvalue weighted by atomic mass is 127. The number of imide groups is 1. The molecule has 1 unspecified atom stereocenters. The molecule has 1 aromatic rings. The predicted octanol–water partition coefficient (Wildman–Crippen LogP) is 2.90. The van der Waals surface area contributed by atoms with Gasteiger partial charge in [-0.25, -0.2) is 0 Å². The van der Waals surface area contributed by atoms with E-state index < -0.39 is 58.8 Å². The molecule has 0 aliphatic carbocycles. The van der Waals surface area contributed by atoms with Gasteiger partial charge in [0.15, 0.2) is 0 Å². The van der Waals surface area contributed by atoms with Gasteiger partial charge < -0.3 is 4.74 Å². The van der Waals surface area contributed by atoms with Crippen LogP contribution < -0.4 is 5.32 Å². The van der Waals surface area contributed by atoms with E-state index in [0.717, 1.165) is 7.14 Å². The van der Waals surface area contributed by atoms with Crippen molar-refractivity contribution in [1.82, 2.24) is 5.32 Å². The first-order chi connectivity index (χ1) is 13.1. The van der Waals surface area contributed by atoms with Crippen LogP contribution in [0.5, 0.6) is 0 Å². The molecule has 0 heterocycles. The molecule has 0 radical (unpaired) electrons. The Hall–Kier alpha value is -0.280. The SMILES string of the molecule is O=C(CCC(=O)OC(CS(=O)(=O)O)C(F)(F)F)NC(=O)c1cc(I)cc(I)c1I. The van der Waals surface area contributed by atoms with Crippen molar-refractivity contribution in [2.24, 2.45) is 0 Å². The van der Waals surface area contributed by atoms with Crippen molar-refractivity contribution in [3.63, 3.8) is 0 Å². The Kier molecular flexibility index (Phi) is 10.0. The van der Waals surface area contributed by atoms with Gasteiger partial charge in [-0.3, -0.25) is 24.3 Å². The van der Waals surface area contributed by atoms with Crippen LogP contribution in [0.3, 0.4) is 0 Å². The van der Waals surface area contributed by atoms with Crippen molar-refractivity contribution in [3.8, 4) is 0 Å². The van der Waals surface area contributed by atoms with Crippen LogP contribution in [-0.2, 0) is 24.4 Å². The number of carbonyl (C=O) groups is 3. The topological polar surface area (TPSA) is 127 Å². The lowest BCUT2D eigenvalue weighted by Crippen LogP contribution is -2.39. The first-order valence-electron chi connectivity index (χ1n) is 7.30. The summed E-state index contributed by atoms with van der Waals surface area (Å²) >= 11 is 5.90. The molecule has 15 heteroatoms. The van der Waals surface area contributed by atoms with Crippen LogP contribution in [0.1, 0.15) is 23.2 Å². The summed E-state index contributed by atoms with van der Waals surface area (Å²) in [6.45, 7) is 0. The number of halogens is 6. The molecule has 0 bridgehead atoms. The molecule has 29 heavy (non-hydrogen) atoms. The summed E-state index contributed by atoms with van der Waals surface area (Å²) in [5, 5.41) is 2.01. The Labute approximate surface area is 203 Å². The highest BCUT2D eigenvalue weighted by molar-refractivity contribution is 14.1. The lowest BCUT2D eigenvalue weighted by molar-refractivity contribution is -0.215. The van der Waals surface area contributed by atoms with Gasteiger partial charge in [-0.15, -0.1) is 0 Å². The number of alkyl halides is 3. The van der Waals surface area contributed by atoms with Gasteiger partial charge in [0.05, 0.1) is 12.0 Å². The number of esters is 1. The molecule has 0 aliphatic rings. The molecule has 162 valence electrons. The van der Waals surface area contributed by atoms with Gasteiger partial charge in [-0.1, -0.05) is 0 Å². The molecule has 0 saturated carbocycles. The Bertz CT molecular complexity index is 922. The van der Waals surface area contributed by atoms with Gasteiger partial charge in [0.2, 0.25) is 12.0 Å². The second-order valence-electron chi connectivity index (χ2n) is 5.40. The largest absolute Gasteiger partial charge is 0.451 e. The normalized spacial score (nSPS) is 12.9. The first-order valence-corrected chi connectivity index (χ1v) is 12.1. The van der Waals surface area contributed by atoms with E-state index in [1.165, 1.54) is 6.07 Å². The van der Waals surface area contributed by atoms with Crippen molar-refractivity contribution in [1.29, 1.82) is 0 Å². The molecule has 2 amide bonds. The van der Waals surface area contributed by atoms with Gasteiger partial charge in [0.25, 0.3) is 16.0 Å². The van der Waals surface area contributed by atoms with Crippen LogP contribution >= 0.6 is 67.8 Å². The zero-order chi connectivity index (χ0) is 22.6. The smallest absolute Gasteiger partial charge is 0.426 e. The molecular weight excluding hydrogens is 764 g/mol. The standard InChI is InChI=1S/C14H11F3I3NO7S/c15-14(16,17)9(5-29(25,26)27)28-11(23)2-1-10(22)21-13(24)7-3-6(18)4-8(19)12(7)20/h3-4,9H,1-2,5H2,(H,21,22,24)(H,25,26,27). The average molecular weight is 775 g/mol. The summed E-state index contributed by atoms with van der Waals surface area (Å²) < 4.78 is 74.0. The fourth-order valence-electron chi connectivity index (χ4n) is 1.80. The predicted molar refractivity (Wildman–Crippen MR) is 119 cm³/mol. The fraction of sp³-hybridized carbons (Fsp3) is 0.357. The van der Waals surface area contributed by atoms with Crippen molar-refractivity contribution in [2.45, 2.75) is 25.1 Å². The van der Waals surface area contributed by atoms with Crippen LogP contribution in [0.25, 0.3) is 0 Å². The Morgan fingerprint density at radius 2 is 1.72 bits per heavy atom. The number of hydrogen-bond donors (Lipinski definition) is 2. The maximum atomic E-state index is 12.7. The quantitative estimate of drug-likeness (QED) is 0.189. The lowest BCUT2D eigenvalue weighted by Gasteiger charge is -2.19. The number of nitrogens with one attached hydrogen (secondary N) is 1. The summed E-state index contributed by atoms with van der Waals surface area (Å²) in [6, 6.07) is 3.34. The molecule has 0 aromatic heterocycles. The molecule has 0 spiro atoms. The summed E-state index contributed by atoms with van der Waals surface area (Å²) in [6.07, 6.45) is -9.82. The number of benzene rings is 1. The minimum absolute atomic E-state index is 0.211. The fourth-order valence-corrected chi connectivity index (χ4v) is 4.84. The zero-order valence-electron chi connectivity index (χ0n) is 13.9. The third-order valence-electron chi connectivity index (χ3n) is 3.05. The van der Waals surface area contributed by atoms with Gasteiger partial charge in [-0.2, -0.15) is 21.6 Å². The van der Waals surface area contributed by atoms with Crippen LogP contribution in [0, 0.1) is 10.7 Å². The second kappa shape index (κ2) is 10.8. The third-order valence-corrected chi connectivity index (χ3v) is 7.44. The van der Waals surface area contributed by atoms with Crippen LogP contribution in [0.15, 0.2) is 12.1 Å². The highest BCUT2D eigenvalue weighted by Gasteiger charge is 2.45. The van der Waals surface area contributed by atoms with E-state index in [9.17, 15) is 36.0 Å². The van der Waals surface area contributed by atoms with E-state index in [1.807, 2.05) is 73.1 Å². The maximum absolute atomic E-state index is 12.7. The second-order valence-corrected chi connectivity index (χ2v) is 10.4. The van der Waals surface area contributed by atoms with Crippen LogP contribution in [0.4, 0.5) is 13.2 Å². The minimum atomic E-state index is -5.23. The summed E-state index contributed by atoms with van der Waals surface area (Å²) in [4.78, 5) is 35.5. The highest BCUT2D eigenvalue weighted by Crippen LogP contribution is 2.25. The number of hydrogen-bond acceptors (Lipinski definition) is 6. The molecule has 2 N–H and O–H groups in total. The third kappa shape index (κ3) is 9.59. The van der Waals surface area contributed by atoms with E-state index in [2.05, 4.69) is 4.74 Å². The van der Waals surface area contributed by atoms with Crippen molar-refractivity contribution >= 4 is 95.7 Å². The van der Waals surface area contributed by atoms with Crippen LogP contribution in [-0.4, -0.2) is 48.8 Å². The molecule has 0 aliphatic heterocycles. The van der Waals surface area contributed by atoms with E-state index in [4.69, 9.17) is 4.55 Å². The van der Waals surface area contributed by atoms with Gasteiger partial charge in [-0.05, 0) is 79.9 Å². The van der Waals surface area contributed by atoms with E-state index in [-0.39, 0.29) is 5.56 Å². The molecule has 1 aromatic carbocycles. The van der Waals surface area contributed by atoms with Gasteiger partial charge >= 0.3 is 12.1 Å². The molecular formula is C14H11F3I3NO7S. The molecule has 0 saturated heterocycles. The van der Waals surface area contributed by atoms with E-state index >= 15 is 0 Å². The molecule has 8 nitrogen and oxygen atoms in total. The Balaban J connectivity index is 2.68.